The molecule has 0 fully saturated rings. The lowest BCUT2D eigenvalue weighted by Gasteiger charge is -2.10. The normalized spacial score (nSPS) is 11.6. The smallest absolute Gasteiger partial charge is 0.288 e. The van der Waals surface area contributed by atoms with Crippen LogP contribution >= 0.6 is 23.2 Å². The van der Waals surface area contributed by atoms with E-state index >= 15 is 0 Å². The largest absolute Gasteiger partial charge is 0.308 e. The van der Waals surface area contributed by atoms with Gasteiger partial charge in [0.1, 0.15) is 22.1 Å². The van der Waals surface area contributed by atoms with Crippen molar-refractivity contribution in [3.8, 4) is 0 Å². The Balaban J connectivity index is 1.94. The van der Waals surface area contributed by atoms with Crippen molar-refractivity contribution in [1.82, 2.24) is 19.3 Å². The van der Waals surface area contributed by atoms with E-state index in [-0.39, 0.29) is 33.7 Å². The van der Waals surface area contributed by atoms with Gasteiger partial charge in [0.25, 0.3) is 11.6 Å². The summed E-state index contributed by atoms with van der Waals surface area (Å²) in [6.45, 7) is 3.73. The molecule has 0 aliphatic carbocycles. The minimum absolute atomic E-state index is 0.0760. The molecule has 0 atom stereocenters. The number of amides is 1. The number of rotatable bonds is 9. The number of unbranched alkanes of at least 4 members (excludes halogenated alkanes) is 2. The molecule has 1 amide bonds. The van der Waals surface area contributed by atoms with Crippen LogP contribution in [0, 0.1) is 17.0 Å². The van der Waals surface area contributed by atoms with E-state index in [9.17, 15) is 23.3 Å². The number of pyridine rings is 1. The van der Waals surface area contributed by atoms with E-state index in [4.69, 9.17) is 23.2 Å². The fourth-order valence-corrected chi connectivity index (χ4v) is 4.81. The van der Waals surface area contributed by atoms with Crippen LogP contribution in [0.4, 0.5) is 5.69 Å². The Labute approximate surface area is 200 Å². The molecule has 0 aliphatic rings. The molecule has 0 saturated carbocycles. The van der Waals surface area contributed by atoms with E-state index < -0.39 is 20.9 Å². The molecule has 3 rings (SSSR count). The molecule has 0 aliphatic heterocycles. The number of nitrogens with one attached hydrogen (secondary N) is 1. The fourth-order valence-electron chi connectivity index (χ4n) is 3.23. The third-order valence-electron chi connectivity index (χ3n) is 4.92. The number of sulfonamides is 1. The standard InChI is InChI=1S/C20H21Cl2N5O5S/c1-3-4-5-8-33(31,32)25-20(28)17-7-6-16-19(24-17)26(12(2)23-16)11-13-9-18(27(29)30)15(22)10-14(13)21/h6-7,9-10H,3-5,8,11H2,1-2H3,(H,25,28). The summed E-state index contributed by atoms with van der Waals surface area (Å²) in [4.78, 5) is 31.8. The van der Waals surface area contributed by atoms with Gasteiger partial charge in [0.2, 0.25) is 10.0 Å². The van der Waals surface area contributed by atoms with Crippen LogP contribution in [0.25, 0.3) is 11.2 Å². The second kappa shape index (κ2) is 10.0. The molecular weight excluding hydrogens is 493 g/mol. The van der Waals surface area contributed by atoms with E-state index in [0.29, 0.717) is 29.0 Å². The number of carbonyl (C=O) groups excluding carboxylic acids is 1. The van der Waals surface area contributed by atoms with Gasteiger partial charge in [-0.05, 0) is 37.1 Å². The van der Waals surface area contributed by atoms with Crippen molar-refractivity contribution in [3.63, 3.8) is 0 Å². The Hall–Kier alpha value is -2.76. The van der Waals surface area contributed by atoms with Crippen LogP contribution in [0.15, 0.2) is 24.3 Å². The molecule has 0 saturated heterocycles. The molecule has 1 aromatic carbocycles. The molecule has 3 aromatic rings. The Morgan fingerprint density at radius 1 is 1.18 bits per heavy atom. The van der Waals surface area contributed by atoms with Gasteiger partial charge in [0, 0.05) is 11.1 Å². The fraction of sp³-hybridized carbons (Fsp3) is 0.350. The van der Waals surface area contributed by atoms with Crippen LogP contribution in [-0.2, 0) is 16.6 Å². The highest BCUT2D eigenvalue weighted by atomic mass is 35.5. The van der Waals surface area contributed by atoms with E-state index in [1.165, 1.54) is 18.2 Å². The van der Waals surface area contributed by atoms with E-state index in [0.717, 1.165) is 12.8 Å². The third-order valence-corrected chi connectivity index (χ3v) is 6.90. The average molecular weight is 514 g/mol. The summed E-state index contributed by atoms with van der Waals surface area (Å²) < 4.78 is 28.0. The van der Waals surface area contributed by atoms with Crippen molar-refractivity contribution in [2.45, 2.75) is 39.7 Å². The summed E-state index contributed by atoms with van der Waals surface area (Å²) in [7, 11) is -3.79. The maximum absolute atomic E-state index is 12.5. The number of hydrogen-bond acceptors (Lipinski definition) is 7. The lowest BCUT2D eigenvalue weighted by molar-refractivity contribution is -0.384. The molecule has 0 bridgehead atoms. The van der Waals surface area contributed by atoms with Crippen LogP contribution in [-0.4, -0.2) is 39.5 Å². The molecule has 10 nitrogen and oxygen atoms in total. The predicted octanol–water partition coefficient (Wildman–Crippen LogP) is 4.25. The zero-order valence-electron chi connectivity index (χ0n) is 17.8. The van der Waals surface area contributed by atoms with Crippen LogP contribution in [0.5, 0.6) is 0 Å². The number of nitro groups is 1. The highest BCUT2D eigenvalue weighted by Gasteiger charge is 2.21. The third kappa shape index (κ3) is 5.79. The van der Waals surface area contributed by atoms with Crippen molar-refractivity contribution in [3.05, 3.63) is 61.5 Å². The summed E-state index contributed by atoms with van der Waals surface area (Å²) >= 11 is 12.1. The molecule has 0 unspecified atom stereocenters. The summed E-state index contributed by atoms with van der Waals surface area (Å²) in [5.41, 5.74) is 0.785. The van der Waals surface area contributed by atoms with Gasteiger partial charge in [-0.3, -0.25) is 14.9 Å². The first-order valence-corrected chi connectivity index (χ1v) is 12.4. The lowest BCUT2D eigenvalue weighted by Crippen LogP contribution is -2.33. The number of fused-ring (bicyclic) bond motifs is 1. The number of nitrogens with zero attached hydrogens (tertiary/aromatic N) is 4. The maximum Gasteiger partial charge on any atom is 0.288 e. The van der Waals surface area contributed by atoms with Crippen molar-refractivity contribution < 1.29 is 18.1 Å². The topological polar surface area (TPSA) is 137 Å². The van der Waals surface area contributed by atoms with Crippen molar-refractivity contribution in [2.75, 3.05) is 5.75 Å². The number of nitro benzene ring substituents is 1. The first-order chi connectivity index (χ1) is 15.5. The zero-order chi connectivity index (χ0) is 24.3. The van der Waals surface area contributed by atoms with Crippen LogP contribution in [0.3, 0.4) is 0 Å². The predicted molar refractivity (Wildman–Crippen MR) is 125 cm³/mol. The number of halogens is 2. The molecule has 2 aromatic heterocycles. The quantitative estimate of drug-likeness (QED) is 0.256. The minimum atomic E-state index is -3.79. The number of aromatic nitrogens is 3. The molecule has 0 spiro atoms. The summed E-state index contributed by atoms with van der Waals surface area (Å²) in [6, 6.07) is 5.50. The van der Waals surface area contributed by atoms with Crippen LogP contribution < -0.4 is 4.72 Å². The van der Waals surface area contributed by atoms with Gasteiger partial charge in [0.05, 0.1) is 17.2 Å². The Bertz CT molecular complexity index is 1340. The summed E-state index contributed by atoms with van der Waals surface area (Å²) in [6.07, 6.45) is 2.04. The maximum atomic E-state index is 12.5. The van der Waals surface area contributed by atoms with Gasteiger partial charge in [0.15, 0.2) is 5.65 Å². The molecule has 1 N–H and O–H groups in total. The molecule has 176 valence electrons. The van der Waals surface area contributed by atoms with E-state index in [1.807, 2.05) is 11.6 Å². The van der Waals surface area contributed by atoms with E-state index in [2.05, 4.69) is 9.97 Å². The van der Waals surface area contributed by atoms with Gasteiger partial charge in [-0.15, -0.1) is 0 Å². The Morgan fingerprint density at radius 3 is 2.58 bits per heavy atom. The molecular formula is C20H21Cl2N5O5S. The molecule has 13 heteroatoms. The van der Waals surface area contributed by atoms with Crippen molar-refractivity contribution in [2.24, 2.45) is 0 Å². The van der Waals surface area contributed by atoms with Gasteiger partial charge in [-0.2, -0.15) is 0 Å². The number of imidazole rings is 1. The van der Waals surface area contributed by atoms with E-state index in [1.54, 1.807) is 17.6 Å². The lowest BCUT2D eigenvalue weighted by atomic mass is 10.2. The SMILES string of the molecule is CCCCCS(=O)(=O)NC(=O)c1ccc2nc(C)n(Cc3cc([N+](=O)[O-])c(Cl)cc3Cl)c2n1. The minimum Gasteiger partial charge on any atom is -0.308 e. The Morgan fingerprint density at radius 2 is 1.91 bits per heavy atom. The second-order valence-electron chi connectivity index (χ2n) is 7.39. The molecule has 0 radical (unpaired) electrons. The highest BCUT2D eigenvalue weighted by molar-refractivity contribution is 7.90. The van der Waals surface area contributed by atoms with Crippen molar-refractivity contribution in [1.29, 1.82) is 0 Å². The first-order valence-electron chi connectivity index (χ1n) is 10.0. The highest BCUT2D eigenvalue weighted by Crippen LogP contribution is 2.32. The molecule has 2 heterocycles. The van der Waals surface area contributed by atoms with Gasteiger partial charge in [-0.25, -0.2) is 23.1 Å². The second-order valence-corrected chi connectivity index (χ2v) is 10.0. The number of carbonyl (C=O) groups is 1. The average Bonchev–Trinajstić information content (AvgIpc) is 3.03. The van der Waals surface area contributed by atoms with Gasteiger partial charge in [-0.1, -0.05) is 43.0 Å². The van der Waals surface area contributed by atoms with Gasteiger partial charge >= 0.3 is 0 Å². The summed E-state index contributed by atoms with van der Waals surface area (Å²) in [5.74, 6) is -0.477. The Kier molecular flexibility index (Phi) is 7.55. The van der Waals surface area contributed by atoms with Gasteiger partial charge < -0.3 is 4.57 Å². The monoisotopic (exact) mass is 513 g/mol. The zero-order valence-corrected chi connectivity index (χ0v) is 20.2. The number of benzene rings is 1. The first kappa shape index (κ1) is 24.9. The summed E-state index contributed by atoms with van der Waals surface area (Å²) in [5, 5.41) is 11.4. The number of aryl methyl sites for hydroxylation is 1. The van der Waals surface area contributed by atoms with Crippen LogP contribution in [0.1, 0.15) is 48.1 Å². The number of hydrogen-bond donors (Lipinski definition) is 1. The van der Waals surface area contributed by atoms with Crippen molar-refractivity contribution >= 4 is 56.0 Å². The molecule has 33 heavy (non-hydrogen) atoms. The van der Waals surface area contributed by atoms with Crippen LogP contribution in [0.2, 0.25) is 10.0 Å².